The topological polar surface area (TPSA) is 136 Å². The molecule has 2 aliphatic rings. The maximum Gasteiger partial charge on any atom is 0.404 e. The van der Waals surface area contributed by atoms with Gasteiger partial charge in [0.1, 0.15) is 24.3 Å². The minimum absolute atomic E-state index is 0.0793. The summed E-state index contributed by atoms with van der Waals surface area (Å²) in [6.07, 6.45) is -1.91. The lowest BCUT2D eigenvalue weighted by Gasteiger charge is -2.43. The SMILES string of the molecule is CC(=O)COC(=O)C1=C(COC(N)=O)S[C@@H]2[C@@H](C(C)O)C(=O)N12. The normalized spacial score (nSPS) is 24.0. The van der Waals surface area contributed by atoms with E-state index >= 15 is 0 Å². The molecule has 10 heteroatoms. The quantitative estimate of drug-likeness (QED) is 0.478. The number of nitrogens with two attached hydrogens (primary N) is 1. The molecule has 0 spiro atoms. The van der Waals surface area contributed by atoms with Crippen LogP contribution in [0, 0.1) is 5.92 Å². The van der Waals surface area contributed by atoms with E-state index < -0.39 is 42.0 Å². The number of amides is 2. The molecule has 23 heavy (non-hydrogen) atoms. The monoisotopic (exact) mass is 344 g/mol. The fraction of sp³-hybridized carbons (Fsp3) is 0.538. The molecule has 3 N–H and O–H groups in total. The Bertz CT molecular complexity index is 601. The highest BCUT2D eigenvalue weighted by Gasteiger charge is 2.57. The number of fused-ring (bicyclic) bond motifs is 1. The van der Waals surface area contributed by atoms with Crippen LogP contribution in [-0.2, 0) is 23.9 Å². The summed E-state index contributed by atoms with van der Waals surface area (Å²) in [5.41, 5.74) is 4.82. The average molecular weight is 344 g/mol. The van der Waals surface area contributed by atoms with Crippen molar-refractivity contribution in [3.8, 4) is 0 Å². The first-order valence-corrected chi connectivity index (χ1v) is 7.61. The zero-order valence-corrected chi connectivity index (χ0v) is 13.3. The number of nitrogens with zero attached hydrogens (tertiary/aromatic N) is 1. The molecular formula is C13H16N2O7S. The number of carbonyl (C=O) groups excluding carboxylic acids is 4. The second kappa shape index (κ2) is 6.59. The molecule has 0 bridgehead atoms. The molecular weight excluding hydrogens is 328 g/mol. The van der Waals surface area contributed by atoms with E-state index in [0.717, 1.165) is 11.8 Å². The number of ether oxygens (including phenoxy) is 2. The Morgan fingerprint density at radius 2 is 2.04 bits per heavy atom. The molecule has 1 fully saturated rings. The van der Waals surface area contributed by atoms with E-state index in [0.29, 0.717) is 4.91 Å². The van der Waals surface area contributed by atoms with Crippen LogP contribution in [0.25, 0.3) is 0 Å². The van der Waals surface area contributed by atoms with Gasteiger partial charge in [-0.05, 0) is 13.8 Å². The van der Waals surface area contributed by atoms with Crippen molar-refractivity contribution in [1.29, 1.82) is 0 Å². The lowest BCUT2D eigenvalue weighted by atomic mass is 9.92. The number of ketones is 1. The summed E-state index contributed by atoms with van der Waals surface area (Å²) in [7, 11) is 0. The predicted molar refractivity (Wildman–Crippen MR) is 77.6 cm³/mol. The molecule has 2 rings (SSSR count). The van der Waals surface area contributed by atoms with Gasteiger partial charge < -0.3 is 20.3 Å². The van der Waals surface area contributed by atoms with Crippen molar-refractivity contribution in [2.24, 2.45) is 11.7 Å². The molecule has 0 aliphatic carbocycles. The van der Waals surface area contributed by atoms with Crippen molar-refractivity contribution < 1.29 is 33.8 Å². The number of aliphatic hydroxyl groups is 1. The summed E-state index contributed by atoms with van der Waals surface area (Å²) in [5.74, 6) is -2.31. The highest BCUT2D eigenvalue weighted by atomic mass is 32.2. The van der Waals surface area contributed by atoms with Crippen LogP contribution >= 0.6 is 11.8 Å². The molecule has 126 valence electrons. The van der Waals surface area contributed by atoms with E-state index in [1.165, 1.54) is 18.7 Å². The van der Waals surface area contributed by atoms with Gasteiger partial charge in [-0.25, -0.2) is 9.59 Å². The van der Waals surface area contributed by atoms with Gasteiger partial charge in [0.2, 0.25) is 5.91 Å². The fourth-order valence-electron chi connectivity index (χ4n) is 2.32. The number of thioether (sulfide) groups is 1. The lowest BCUT2D eigenvalue weighted by molar-refractivity contribution is -0.158. The third kappa shape index (κ3) is 3.32. The smallest absolute Gasteiger partial charge is 0.404 e. The van der Waals surface area contributed by atoms with Gasteiger partial charge in [-0.1, -0.05) is 11.8 Å². The van der Waals surface area contributed by atoms with Crippen LogP contribution in [0.15, 0.2) is 10.6 Å². The third-order valence-corrected chi connectivity index (χ3v) is 4.66. The first-order chi connectivity index (χ1) is 10.7. The van der Waals surface area contributed by atoms with Crippen LogP contribution in [0.3, 0.4) is 0 Å². The molecule has 3 atom stereocenters. The zero-order valence-electron chi connectivity index (χ0n) is 12.5. The second-order valence-corrected chi connectivity index (χ2v) is 6.35. The number of Topliss-reactive ketones (excluding diaryl/α,β-unsaturated/α-hetero) is 1. The Morgan fingerprint density at radius 3 is 2.57 bits per heavy atom. The molecule has 0 aromatic carbocycles. The van der Waals surface area contributed by atoms with Gasteiger partial charge in [0, 0.05) is 0 Å². The largest absolute Gasteiger partial charge is 0.453 e. The lowest BCUT2D eigenvalue weighted by Crippen LogP contribution is -2.60. The zero-order chi connectivity index (χ0) is 17.3. The first-order valence-electron chi connectivity index (χ1n) is 6.73. The number of β-lactam (4-membered cyclic amide) rings is 1. The molecule has 2 aliphatic heterocycles. The molecule has 0 aromatic rings. The molecule has 9 nitrogen and oxygen atoms in total. The summed E-state index contributed by atoms with van der Waals surface area (Å²) >= 11 is 1.12. The van der Waals surface area contributed by atoms with Gasteiger partial charge >= 0.3 is 12.1 Å². The Labute approximate surface area is 135 Å². The van der Waals surface area contributed by atoms with Crippen molar-refractivity contribution in [1.82, 2.24) is 4.90 Å². The predicted octanol–water partition coefficient (Wildman–Crippen LogP) is -0.662. The summed E-state index contributed by atoms with van der Waals surface area (Å²) in [6, 6.07) is 0. The van der Waals surface area contributed by atoms with Gasteiger partial charge in [0.15, 0.2) is 5.78 Å². The van der Waals surface area contributed by atoms with Crippen molar-refractivity contribution in [3.05, 3.63) is 10.6 Å². The first kappa shape index (κ1) is 17.3. The van der Waals surface area contributed by atoms with Crippen LogP contribution in [-0.4, -0.2) is 58.5 Å². The fourth-order valence-corrected chi connectivity index (χ4v) is 3.83. The van der Waals surface area contributed by atoms with Gasteiger partial charge in [-0.3, -0.25) is 14.5 Å². The summed E-state index contributed by atoms with van der Waals surface area (Å²) in [4.78, 5) is 47.4. The van der Waals surface area contributed by atoms with Crippen LogP contribution in [0.4, 0.5) is 4.79 Å². The van der Waals surface area contributed by atoms with Gasteiger partial charge in [-0.2, -0.15) is 0 Å². The Morgan fingerprint density at radius 1 is 1.39 bits per heavy atom. The number of aliphatic hydroxyl groups excluding tert-OH is 1. The number of carbonyl (C=O) groups is 4. The van der Waals surface area contributed by atoms with Crippen molar-refractivity contribution >= 4 is 35.5 Å². The molecule has 1 unspecified atom stereocenters. The molecule has 2 heterocycles. The van der Waals surface area contributed by atoms with Crippen molar-refractivity contribution in [2.45, 2.75) is 25.3 Å². The second-order valence-electron chi connectivity index (χ2n) is 5.14. The minimum Gasteiger partial charge on any atom is -0.453 e. The molecule has 0 aromatic heterocycles. The van der Waals surface area contributed by atoms with Crippen molar-refractivity contribution in [2.75, 3.05) is 13.2 Å². The van der Waals surface area contributed by atoms with Gasteiger partial charge in [0.25, 0.3) is 0 Å². The molecule has 0 saturated carbocycles. The van der Waals surface area contributed by atoms with Crippen molar-refractivity contribution in [3.63, 3.8) is 0 Å². The number of primary amides is 1. The summed E-state index contributed by atoms with van der Waals surface area (Å²) < 4.78 is 9.51. The Kier molecular flexibility index (Phi) is 4.95. The van der Waals surface area contributed by atoms with E-state index in [1.54, 1.807) is 0 Å². The molecule has 0 radical (unpaired) electrons. The number of hydrogen-bond acceptors (Lipinski definition) is 8. The standard InChI is InChI=1S/C13H16N2O7S/c1-5(16)3-21-12(19)9-7(4-22-13(14)20)23-11-8(6(2)17)10(18)15(9)11/h6,8,11,17H,3-4H2,1-2H3,(H2,14,20)/t6?,8-,11+/m0/s1. The van der Waals surface area contributed by atoms with E-state index in [2.05, 4.69) is 4.74 Å². The molecule has 2 amide bonds. The average Bonchev–Trinajstić information content (AvgIpc) is 2.76. The molecule has 1 saturated heterocycles. The highest BCUT2D eigenvalue weighted by molar-refractivity contribution is 8.04. The maximum atomic E-state index is 12.1. The van der Waals surface area contributed by atoms with Crippen LogP contribution in [0.2, 0.25) is 0 Å². The van der Waals surface area contributed by atoms with E-state index in [9.17, 15) is 24.3 Å². The summed E-state index contributed by atoms with van der Waals surface area (Å²) in [5, 5.41) is 9.17. The van der Waals surface area contributed by atoms with Crippen LogP contribution in [0.5, 0.6) is 0 Å². The van der Waals surface area contributed by atoms with Gasteiger partial charge in [0.05, 0.1) is 16.9 Å². The minimum atomic E-state index is -1.03. The highest BCUT2D eigenvalue weighted by Crippen LogP contribution is 2.50. The van der Waals surface area contributed by atoms with E-state index in [4.69, 9.17) is 10.5 Å². The number of rotatable bonds is 6. The Balaban J connectivity index is 2.21. The third-order valence-electron chi connectivity index (χ3n) is 3.32. The van der Waals surface area contributed by atoms with E-state index in [-0.39, 0.29) is 18.1 Å². The van der Waals surface area contributed by atoms with Crippen LogP contribution < -0.4 is 5.73 Å². The number of esters is 1. The van der Waals surface area contributed by atoms with Crippen LogP contribution in [0.1, 0.15) is 13.8 Å². The van der Waals surface area contributed by atoms with E-state index in [1.807, 2.05) is 0 Å². The number of hydrogen-bond donors (Lipinski definition) is 2. The maximum absolute atomic E-state index is 12.1. The van der Waals surface area contributed by atoms with Gasteiger partial charge in [-0.15, -0.1) is 0 Å². The summed E-state index contributed by atoms with van der Waals surface area (Å²) in [6.45, 7) is 2.01. The Hall–Kier alpha value is -2.07.